The molecule has 1 aromatic heterocycles. The number of rotatable bonds is 2. The second-order valence-electron chi connectivity index (χ2n) is 4.52. The van der Waals surface area contributed by atoms with E-state index >= 15 is 0 Å². The van der Waals surface area contributed by atoms with Gasteiger partial charge in [0, 0.05) is 11.6 Å². The first-order valence-electron chi connectivity index (χ1n) is 5.62. The molecule has 18 heavy (non-hydrogen) atoms. The summed E-state index contributed by atoms with van der Waals surface area (Å²) in [6.07, 6.45) is -4.10. The Morgan fingerprint density at radius 2 is 1.78 bits per heavy atom. The molecule has 0 saturated heterocycles. The van der Waals surface area contributed by atoms with Crippen LogP contribution in [0.25, 0.3) is 11.3 Å². The Kier molecular flexibility index (Phi) is 2.27. The van der Waals surface area contributed by atoms with E-state index in [4.69, 9.17) is 4.52 Å². The van der Waals surface area contributed by atoms with E-state index in [9.17, 15) is 13.2 Å². The second-order valence-corrected chi connectivity index (χ2v) is 4.52. The van der Waals surface area contributed by atoms with Gasteiger partial charge in [-0.05, 0) is 12.8 Å². The first-order valence-corrected chi connectivity index (χ1v) is 5.62. The molecule has 1 saturated carbocycles. The highest BCUT2D eigenvalue weighted by Gasteiger charge is 2.66. The molecule has 0 aliphatic heterocycles. The lowest BCUT2D eigenvalue weighted by molar-refractivity contribution is -0.165. The van der Waals surface area contributed by atoms with Crippen LogP contribution in [0, 0.1) is 0 Å². The number of aromatic nitrogens is 1. The van der Waals surface area contributed by atoms with E-state index in [1.807, 2.05) is 6.07 Å². The molecule has 1 fully saturated rings. The molecule has 0 atom stereocenters. The molecule has 0 bridgehead atoms. The van der Waals surface area contributed by atoms with Crippen molar-refractivity contribution in [1.29, 1.82) is 0 Å². The summed E-state index contributed by atoms with van der Waals surface area (Å²) < 4.78 is 43.6. The lowest BCUT2D eigenvalue weighted by Gasteiger charge is -2.15. The van der Waals surface area contributed by atoms with E-state index in [0.717, 1.165) is 5.56 Å². The molecule has 0 radical (unpaired) electrons. The number of benzene rings is 1. The zero-order chi connectivity index (χ0) is 12.8. The van der Waals surface area contributed by atoms with Crippen LogP contribution in [-0.4, -0.2) is 11.3 Å². The Bertz CT molecular complexity index is 555. The summed E-state index contributed by atoms with van der Waals surface area (Å²) >= 11 is 0. The molecule has 0 unspecified atom stereocenters. The maximum atomic E-state index is 12.9. The minimum Gasteiger partial charge on any atom is -0.360 e. The van der Waals surface area contributed by atoms with Crippen molar-refractivity contribution in [2.75, 3.05) is 0 Å². The molecule has 0 N–H and O–H groups in total. The van der Waals surface area contributed by atoms with E-state index in [1.54, 1.807) is 24.3 Å². The Morgan fingerprint density at radius 1 is 1.11 bits per heavy atom. The van der Waals surface area contributed by atoms with Gasteiger partial charge in [-0.25, -0.2) is 0 Å². The molecule has 2 aromatic rings. The number of hydrogen-bond donors (Lipinski definition) is 0. The van der Waals surface area contributed by atoms with Crippen molar-refractivity contribution in [3.8, 4) is 11.3 Å². The van der Waals surface area contributed by atoms with Gasteiger partial charge in [0.2, 0.25) is 0 Å². The molecule has 5 heteroatoms. The monoisotopic (exact) mass is 253 g/mol. The van der Waals surface area contributed by atoms with Crippen LogP contribution in [0.15, 0.2) is 40.9 Å². The molecular weight excluding hydrogens is 243 g/mol. The standard InChI is InChI=1S/C13H10F3NO/c14-13(15,16)12(6-7-12)11-8-10(17-18-11)9-4-2-1-3-5-9/h1-5,8H,6-7H2. The van der Waals surface area contributed by atoms with Gasteiger partial charge in [-0.3, -0.25) is 0 Å². The third kappa shape index (κ3) is 1.62. The third-order valence-corrected chi connectivity index (χ3v) is 3.34. The fraction of sp³-hybridized carbons (Fsp3) is 0.308. The van der Waals surface area contributed by atoms with Crippen molar-refractivity contribution in [3.05, 3.63) is 42.2 Å². The average Bonchev–Trinajstić information content (AvgIpc) is 3.03. The molecule has 1 aromatic carbocycles. The quantitative estimate of drug-likeness (QED) is 0.810. The predicted octanol–water partition coefficient (Wildman–Crippen LogP) is 3.94. The van der Waals surface area contributed by atoms with Crippen LogP contribution in [0.1, 0.15) is 18.6 Å². The molecule has 94 valence electrons. The summed E-state index contributed by atoms with van der Waals surface area (Å²) in [4.78, 5) is 0. The summed E-state index contributed by atoms with van der Waals surface area (Å²) in [6.45, 7) is 0. The van der Waals surface area contributed by atoms with Crippen molar-refractivity contribution in [2.24, 2.45) is 0 Å². The van der Waals surface area contributed by atoms with Gasteiger partial charge in [0.1, 0.15) is 11.1 Å². The first kappa shape index (κ1) is 11.3. The summed E-state index contributed by atoms with van der Waals surface area (Å²) in [5, 5.41) is 3.73. The number of halogens is 3. The zero-order valence-corrected chi connectivity index (χ0v) is 9.37. The predicted molar refractivity (Wildman–Crippen MR) is 58.9 cm³/mol. The molecule has 0 spiro atoms. The fourth-order valence-corrected chi connectivity index (χ4v) is 2.04. The summed E-state index contributed by atoms with van der Waals surface area (Å²) in [6, 6.07) is 10.4. The molecule has 2 nitrogen and oxygen atoms in total. The lowest BCUT2D eigenvalue weighted by Crippen LogP contribution is -2.28. The summed E-state index contributed by atoms with van der Waals surface area (Å²) in [7, 11) is 0. The van der Waals surface area contributed by atoms with Crippen molar-refractivity contribution in [3.63, 3.8) is 0 Å². The fourth-order valence-electron chi connectivity index (χ4n) is 2.04. The highest BCUT2D eigenvalue weighted by Crippen LogP contribution is 2.59. The van der Waals surface area contributed by atoms with Crippen LogP contribution in [0.3, 0.4) is 0 Å². The normalized spacial score (nSPS) is 17.7. The summed E-state index contributed by atoms with van der Waals surface area (Å²) in [5.41, 5.74) is -0.598. The third-order valence-electron chi connectivity index (χ3n) is 3.34. The Labute approximate surface area is 101 Å². The van der Waals surface area contributed by atoms with E-state index in [2.05, 4.69) is 5.16 Å². The Balaban J connectivity index is 1.96. The topological polar surface area (TPSA) is 26.0 Å². The van der Waals surface area contributed by atoms with Gasteiger partial charge in [0.25, 0.3) is 0 Å². The van der Waals surface area contributed by atoms with Gasteiger partial charge >= 0.3 is 6.18 Å². The van der Waals surface area contributed by atoms with E-state index in [1.165, 1.54) is 6.07 Å². The second kappa shape index (κ2) is 3.60. The van der Waals surface area contributed by atoms with Crippen LogP contribution in [-0.2, 0) is 5.41 Å². The first-order chi connectivity index (χ1) is 8.53. The van der Waals surface area contributed by atoms with Crippen molar-refractivity contribution >= 4 is 0 Å². The van der Waals surface area contributed by atoms with Crippen LogP contribution in [0.4, 0.5) is 13.2 Å². The van der Waals surface area contributed by atoms with Crippen LogP contribution >= 0.6 is 0 Å². The minimum absolute atomic E-state index is 0.0751. The van der Waals surface area contributed by atoms with Gasteiger partial charge in [-0.15, -0.1) is 0 Å². The molecular formula is C13H10F3NO. The maximum absolute atomic E-state index is 12.9. The van der Waals surface area contributed by atoms with E-state index < -0.39 is 11.6 Å². The number of alkyl halides is 3. The lowest BCUT2D eigenvalue weighted by atomic mass is 10.0. The molecule has 1 aliphatic carbocycles. The largest absolute Gasteiger partial charge is 0.401 e. The summed E-state index contributed by atoms with van der Waals surface area (Å²) in [5.74, 6) is -0.0751. The smallest absolute Gasteiger partial charge is 0.360 e. The van der Waals surface area contributed by atoms with Crippen LogP contribution in [0.2, 0.25) is 0 Å². The van der Waals surface area contributed by atoms with Crippen LogP contribution in [0.5, 0.6) is 0 Å². The van der Waals surface area contributed by atoms with E-state index in [0.29, 0.717) is 5.69 Å². The van der Waals surface area contributed by atoms with Crippen LogP contribution < -0.4 is 0 Å². The van der Waals surface area contributed by atoms with Gasteiger partial charge in [-0.1, -0.05) is 35.5 Å². The maximum Gasteiger partial charge on any atom is 0.401 e. The number of hydrogen-bond acceptors (Lipinski definition) is 2. The van der Waals surface area contributed by atoms with Crippen molar-refractivity contribution in [2.45, 2.75) is 24.4 Å². The van der Waals surface area contributed by atoms with Gasteiger partial charge in [0.05, 0.1) is 0 Å². The molecule has 0 amide bonds. The number of nitrogens with zero attached hydrogens (tertiary/aromatic N) is 1. The van der Waals surface area contributed by atoms with E-state index in [-0.39, 0.29) is 18.6 Å². The SMILES string of the molecule is FC(F)(F)C1(c2cc(-c3ccccc3)no2)CC1. The van der Waals surface area contributed by atoms with Crippen molar-refractivity contribution in [1.82, 2.24) is 5.16 Å². The minimum atomic E-state index is -4.26. The van der Waals surface area contributed by atoms with Crippen molar-refractivity contribution < 1.29 is 17.7 Å². The zero-order valence-electron chi connectivity index (χ0n) is 9.37. The highest BCUT2D eigenvalue weighted by molar-refractivity contribution is 5.59. The average molecular weight is 253 g/mol. The van der Waals surface area contributed by atoms with Gasteiger partial charge in [-0.2, -0.15) is 13.2 Å². The Hall–Kier alpha value is -1.78. The van der Waals surface area contributed by atoms with Gasteiger partial charge in [0.15, 0.2) is 5.76 Å². The molecule has 3 rings (SSSR count). The Morgan fingerprint density at radius 3 is 2.33 bits per heavy atom. The molecule has 1 aliphatic rings. The van der Waals surface area contributed by atoms with Gasteiger partial charge < -0.3 is 4.52 Å². The molecule has 1 heterocycles. The highest BCUT2D eigenvalue weighted by atomic mass is 19.4.